The van der Waals surface area contributed by atoms with Gasteiger partial charge in [0.1, 0.15) is 5.82 Å². The Balaban J connectivity index is 1.58. The van der Waals surface area contributed by atoms with Crippen LogP contribution in [0.4, 0.5) is 0 Å². The molecule has 0 radical (unpaired) electrons. The summed E-state index contributed by atoms with van der Waals surface area (Å²) in [4.78, 5) is 25.7. The van der Waals surface area contributed by atoms with Gasteiger partial charge in [-0.25, -0.2) is 9.97 Å². The maximum atomic E-state index is 12.7. The molecule has 126 valence electrons. The lowest BCUT2D eigenvalue weighted by Gasteiger charge is -2.34. The van der Waals surface area contributed by atoms with Crippen LogP contribution in [0.1, 0.15) is 56.0 Å². The molecule has 0 spiro atoms. The largest absolute Gasteiger partial charge is 0.341 e. The van der Waals surface area contributed by atoms with Crippen LogP contribution in [0.2, 0.25) is 0 Å². The maximum absolute atomic E-state index is 12.7. The number of carbonyl (C=O) groups excluding carboxylic acids is 1. The summed E-state index contributed by atoms with van der Waals surface area (Å²) in [5.41, 5.74) is 1.08. The number of rotatable bonds is 4. The molecule has 2 aliphatic rings. The predicted molar refractivity (Wildman–Crippen MR) is 90.2 cm³/mol. The number of aryl methyl sites for hydroxylation is 1. The van der Waals surface area contributed by atoms with Crippen molar-refractivity contribution in [3.05, 3.63) is 23.8 Å². The van der Waals surface area contributed by atoms with Gasteiger partial charge in [-0.3, -0.25) is 9.69 Å². The third-order valence-electron chi connectivity index (χ3n) is 5.32. The van der Waals surface area contributed by atoms with E-state index in [1.165, 1.54) is 25.7 Å². The number of carbonyl (C=O) groups is 1. The molecule has 1 amide bonds. The van der Waals surface area contributed by atoms with E-state index in [0.29, 0.717) is 18.5 Å². The van der Waals surface area contributed by atoms with Gasteiger partial charge < -0.3 is 4.90 Å². The Morgan fingerprint density at radius 1 is 1.30 bits per heavy atom. The molecular weight excluding hydrogens is 288 g/mol. The number of hydrogen-bond donors (Lipinski definition) is 0. The molecule has 0 bridgehead atoms. The highest BCUT2D eigenvalue weighted by Crippen LogP contribution is 2.26. The molecule has 1 saturated heterocycles. The summed E-state index contributed by atoms with van der Waals surface area (Å²) >= 11 is 0. The zero-order valence-electron chi connectivity index (χ0n) is 14.4. The molecule has 5 heteroatoms. The topological polar surface area (TPSA) is 49.3 Å². The van der Waals surface area contributed by atoms with Crippen LogP contribution in [0.5, 0.6) is 0 Å². The van der Waals surface area contributed by atoms with Crippen molar-refractivity contribution in [2.45, 2.75) is 57.4 Å². The van der Waals surface area contributed by atoms with Crippen LogP contribution in [0.3, 0.4) is 0 Å². The smallest absolute Gasteiger partial charge is 0.236 e. The molecule has 23 heavy (non-hydrogen) atoms. The van der Waals surface area contributed by atoms with E-state index in [-0.39, 0.29) is 5.91 Å². The summed E-state index contributed by atoms with van der Waals surface area (Å²) in [6.07, 6.45) is 9.10. The Morgan fingerprint density at radius 2 is 2.09 bits per heavy atom. The molecule has 2 fully saturated rings. The van der Waals surface area contributed by atoms with E-state index >= 15 is 0 Å². The molecule has 1 aliphatic heterocycles. The molecular formula is C18H28N4O. The Kier molecular flexibility index (Phi) is 5.26. The van der Waals surface area contributed by atoms with Crippen molar-refractivity contribution in [3.63, 3.8) is 0 Å². The Bertz CT molecular complexity index is 542. The zero-order valence-corrected chi connectivity index (χ0v) is 14.4. The molecule has 5 nitrogen and oxygen atoms in total. The van der Waals surface area contributed by atoms with Gasteiger partial charge in [0.25, 0.3) is 0 Å². The second-order valence-electron chi connectivity index (χ2n) is 7.06. The minimum atomic E-state index is 0.273. The van der Waals surface area contributed by atoms with Crippen LogP contribution < -0.4 is 0 Å². The summed E-state index contributed by atoms with van der Waals surface area (Å²) in [5, 5.41) is 0. The van der Waals surface area contributed by atoms with Crippen molar-refractivity contribution in [2.75, 3.05) is 26.7 Å². The second-order valence-corrected chi connectivity index (χ2v) is 7.06. The third-order valence-corrected chi connectivity index (χ3v) is 5.32. The van der Waals surface area contributed by atoms with Crippen molar-refractivity contribution in [1.29, 1.82) is 0 Å². The quantitative estimate of drug-likeness (QED) is 0.856. The summed E-state index contributed by atoms with van der Waals surface area (Å²) in [6, 6.07) is 2.60. The van der Waals surface area contributed by atoms with Gasteiger partial charge in [-0.15, -0.1) is 0 Å². The Morgan fingerprint density at radius 3 is 2.83 bits per heavy atom. The van der Waals surface area contributed by atoms with Crippen LogP contribution in [-0.2, 0) is 4.79 Å². The van der Waals surface area contributed by atoms with E-state index in [0.717, 1.165) is 37.4 Å². The first kappa shape index (κ1) is 16.4. The average molecular weight is 316 g/mol. The maximum Gasteiger partial charge on any atom is 0.236 e. The SMILES string of the molecule is Cc1nccc([C@H]2CCCN(C(=O)CN(C)C3CCCC3)C2)n1. The first-order valence-corrected chi connectivity index (χ1v) is 8.91. The summed E-state index contributed by atoms with van der Waals surface area (Å²) in [6.45, 7) is 4.16. The van der Waals surface area contributed by atoms with Crippen LogP contribution in [0, 0.1) is 6.92 Å². The first-order chi connectivity index (χ1) is 11.1. The van der Waals surface area contributed by atoms with Crippen molar-refractivity contribution in [1.82, 2.24) is 19.8 Å². The number of likely N-dealkylation sites (tertiary alicyclic amines) is 1. The van der Waals surface area contributed by atoms with E-state index in [1.807, 2.05) is 24.1 Å². The summed E-state index contributed by atoms with van der Waals surface area (Å²) in [5.74, 6) is 1.44. The molecule has 1 saturated carbocycles. The van der Waals surface area contributed by atoms with Crippen LogP contribution in [0.15, 0.2) is 12.3 Å². The van der Waals surface area contributed by atoms with Crippen molar-refractivity contribution < 1.29 is 4.79 Å². The lowest BCUT2D eigenvalue weighted by Crippen LogP contribution is -2.45. The first-order valence-electron chi connectivity index (χ1n) is 8.91. The fourth-order valence-electron chi connectivity index (χ4n) is 3.93. The van der Waals surface area contributed by atoms with E-state index in [2.05, 4.69) is 21.9 Å². The van der Waals surface area contributed by atoms with Crippen molar-refractivity contribution in [3.8, 4) is 0 Å². The highest BCUT2D eigenvalue weighted by Gasteiger charge is 2.28. The van der Waals surface area contributed by atoms with E-state index < -0.39 is 0 Å². The van der Waals surface area contributed by atoms with Gasteiger partial charge in [-0.2, -0.15) is 0 Å². The van der Waals surface area contributed by atoms with Gasteiger partial charge in [-0.05, 0) is 45.7 Å². The lowest BCUT2D eigenvalue weighted by atomic mass is 9.94. The Labute approximate surface area is 139 Å². The molecule has 1 aliphatic carbocycles. The predicted octanol–water partition coefficient (Wildman–Crippen LogP) is 2.37. The van der Waals surface area contributed by atoms with Gasteiger partial charge in [0, 0.05) is 36.9 Å². The van der Waals surface area contributed by atoms with E-state index in [1.54, 1.807) is 0 Å². The van der Waals surface area contributed by atoms with Crippen molar-refractivity contribution >= 4 is 5.91 Å². The standard InChI is InChI=1S/C18H28N4O/c1-14-19-10-9-17(20-14)15-6-5-11-22(12-15)18(23)13-21(2)16-7-3-4-8-16/h9-10,15-16H,3-8,11-13H2,1-2H3/t15-/m0/s1. The monoisotopic (exact) mass is 316 g/mol. The third kappa shape index (κ3) is 4.08. The molecule has 1 aromatic heterocycles. The van der Waals surface area contributed by atoms with Gasteiger partial charge in [0.15, 0.2) is 0 Å². The number of likely N-dealkylation sites (N-methyl/N-ethyl adjacent to an activating group) is 1. The van der Waals surface area contributed by atoms with E-state index in [9.17, 15) is 4.79 Å². The molecule has 0 unspecified atom stereocenters. The zero-order chi connectivity index (χ0) is 16.2. The number of nitrogens with zero attached hydrogens (tertiary/aromatic N) is 4. The number of aromatic nitrogens is 2. The number of hydrogen-bond acceptors (Lipinski definition) is 4. The minimum absolute atomic E-state index is 0.273. The molecule has 0 aromatic carbocycles. The number of piperidine rings is 1. The van der Waals surface area contributed by atoms with Crippen LogP contribution in [0.25, 0.3) is 0 Å². The van der Waals surface area contributed by atoms with Gasteiger partial charge in [0.2, 0.25) is 5.91 Å². The normalized spacial score (nSPS) is 22.7. The van der Waals surface area contributed by atoms with Gasteiger partial charge >= 0.3 is 0 Å². The van der Waals surface area contributed by atoms with E-state index in [4.69, 9.17) is 0 Å². The van der Waals surface area contributed by atoms with Crippen molar-refractivity contribution in [2.24, 2.45) is 0 Å². The summed E-state index contributed by atoms with van der Waals surface area (Å²) in [7, 11) is 2.10. The Hall–Kier alpha value is -1.49. The fraction of sp³-hybridized carbons (Fsp3) is 0.722. The number of amides is 1. The highest BCUT2D eigenvalue weighted by molar-refractivity contribution is 5.78. The molecule has 3 rings (SSSR count). The summed E-state index contributed by atoms with van der Waals surface area (Å²) < 4.78 is 0. The molecule has 2 heterocycles. The molecule has 1 aromatic rings. The lowest BCUT2D eigenvalue weighted by molar-refractivity contribution is -0.133. The fourth-order valence-corrected chi connectivity index (χ4v) is 3.93. The molecule has 0 N–H and O–H groups in total. The average Bonchev–Trinajstić information content (AvgIpc) is 3.09. The van der Waals surface area contributed by atoms with Crippen LogP contribution >= 0.6 is 0 Å². The minimum Gasteiger partial charge on any atom is -0.341 e. The second kappa shape index (κ2) is 7.39. The molecule has 1 atom stereocenters. The van der Waals surface area contributed by atoms with Crippen LogP contribution in [-0.4, -0.2) is 58.4 Å². The van der Waals surface area contributed by atoms with Gasteiger partial charge in [0.05, 0.1) is 6.54 Å². The highest BCUT2D eigenvalue weighted by atomic mass is 16.2. The van der Waals surface area contributed by atoms with Gasteiger partial charge in [-0.1, -0.05) is 12.8 Å².